The summed E-state index contributed by atoms with van der Waals surface area (Å²) < 4.78 is 0. The van der Waals surface area contributed by atoms with E-state index in [1.807, 2.05) is 6.07 Å². The van der Waals surface area contributed by atoms with Crippen LogP contribution in [-0.2, 0) is 11.2 Å². The summed E-state index contributed by atoms with van der Waals surface area (Å²) in [6, 6.07) is 6.19. The molecule has 1 heterocycles. The van der Waals surface area contributed by atoms with Crippen LogP contribution in [0.3, 0.4) is 0 Å². The molecule has 2 N–H and O–H groups in total. The molecule has 0 aliphatic carbocycles. The zero-order valence-electron chi connectivity index (χ0n) is 12.4. The summed E-state index contributed by atoms with van der Waals surface area (Å²) >= 11 is 0. The number of rotatable bonds is 5. The molecule has 1 aromatic carbocycles. The number of nitrogens with one attached hydrogen (secondary N) is 2. The molecule has 1 atom stereocenters. The average molecular weight is 297 g/mol. The number of halogens is 1. The largest absolute Gasteiger partial charge is 0.326 e. The van der Waals surface area contributed by atoms with Crippen LogP contribution < -0.4 is 10.6 Å². The van der Waals surface area contributed by atoms with Gasteiger partial charge in [-0.15, -0.1) is 12.4 Å². The number of anilines is 1. The molecule has 1 saturated heterocycles. The molecule has 0 bridgehead atoms. The lowest BCUT2D eigenvalue weighted by Crippen LogP contribution is -2.16. The van der Waals surface area contributed by atoms with E-state index in [0.29, 0.717) is 12.3 Å². The fourth-order valence-electron chi connectivity index (χ4n) is 2.70. The van der Waals surface area contributed by atoms with E-state index in [1.54, 1.807) is 0 Å². The lowest BCUT2D eigenvalue weighted by atomic mass is 10.0. The molecule has 20 heavy (non-hydrogen) atoms. The van der Waals surface area contributed by atoms with Crippen LogP contribution in [0.25, 0.3) is 0 Å². The van der Waals surface area contributed by atoms with E-state index in [1.165, 1.54) is 12.0 Å². The third kappa shape index (κ3) is 4.50. The second-order valence-electron chi connectivity index (χ2n) is 5.41. The standard InChI is InChI=1S/C16H24N2O.ClH/c1-3-14-6-4-5-12(2)16(14)18-15(19)8-7-13-9-10-17-11-13;/h4-6,13,17H,3,7-11H2,1-2H3,(H,18,19);1H. The number of carbonyl (C=O) groups excluding carboxylic acids is 1. The molecular formula is C16H25ClN2O. The van der Waals surface area contributed by atoms with Gasteiger partial charge in [-0.1, -0.05) is 25.1 Å². The highest BCUT2D eigenvalue weighted by molar-refractivity contribution is 5.92. The number of para-hydroxylation sites is 1. The summed E-state index contributed by atoms with van der Waals surface area (Å²) in [5.74, 6) is 0.823. The zero-order valence-corrected chi connectivity index (χ0v) is 13.2. The minimum Gasteiger partial charge on any atom is -0.326 e. The van der Waals surface area contributed by atoms with Crippen LogP contribution in [0.1, 0.15) is 37.3 Å². The molecule has 1 amide bonds. The molecule has 0 radical (unpaired) electrons. The predicted molar refractivity (Wildman–Crippen MR) is 86.6 cm³/mol. The Morgan fingerprint density at radius 3 is 2.90 bits per heavy atom. The summed E-state index contributed by atoms with van der Waals surface area (Å²) in [5, 5.41) is 6.44. The molecule has 1 aliphatic rings. The molecule has 1 aromatic rings. The molecule has 2 rings (SSSR count). The van der Waals surface area contributed by atoms with Crippen LogP contribution >= 0.6 is 12.4 Å². The van der Waals surface area contributed by atoms with Crippen molar-refractivity contribution < 1.29 is 4.79 Å². The normalized spacial score (nSPS) is 17.6. The van der Waals surface area contributed by atoms with Gasteiger partial charge in [0.1, 0.15) is 0 Å². The Labute approximate surface area is 127 Å². The molecule has 0 spiro atoms. The number of hydrogen-bond donors (Lipinski definition) is 2. The lowest BCUT2D eigenvalue weighted by Gasteiger charge is -2.14. The molecule has 0 aromatic heterocycles. The number of aryl methyl sites for hydroxylation is 2. The highest BCUT2D eigenvalue weighted by atomic mass is 35.5. The van der Waals surface area contributed by atoms with Gasteiger partial charge in [0, 0.05) is 12.1 Å². The van der Waals surface area contributed by atoms with Crippen molar-refractivity contribution in [1.82, 2.24) is 5.32 Å². The van der Waals surface area contributed by atoms with Crippen molar-refractivity contribution in [1.29, 1.82) is 0 Å². The third-order valence-electron chi connectivity index (χ3n) is 3.95. The first-order chi connectivity index (χ1) is 9.20. The summed E-state index contributed by atoms with van der Waals surface area (Å²) in [6.07, 6.45) is 3.78. The summed E-state index contributed by atoms with van der Waals surface area (Å²) in [5.41, 5.74) is 3.38. The van der Waals surface area contributed by atoms with Crippen LogP contribution in [0.4, 0.5) is 5.69 Å². The van der Waals surface area contributed by atoms with E-state index in [-0.39, 0.29) is 18.3 Å². The van der Waals surface area contributed by atoms with E-state index in [0.717, 1.165) is 37.2 Å². The summed E-state index contributed by atoms with van der Waals surface area (Å²) in [6.45, 7) is 6.34. The quantitative estimate of drug-likeness (QED) is 0.875. The zero-order chi connectivity index (χ0) is 13.7. The Morgan fingerprint density at radius 2 is 2.25 bits per heavy atom. The highest BCUT2D eigenvalue weighted by Crippen LogP contribution is 2.22. The monoisotopic (exact) mass is 296 g/mol. The maximum Gasteiger partial charge on any atom is 0.224 e. The Bertz CT molecular complexity index is 442. The first-order valence-electron chi connectivity index (χ1n) is 7.29. The first kappa shape index (κ1) is 17.0. The van der Waals surface area contributed by atoms with Gasteiger partial charge in [0.2, 0.25) is 5.91 Å². The van der Waals surface area contributed by atoms with E-state index >= 15 is 0 Å². The van der Waals surface area contributed by atoms with Crippen molar-refractivity contribution in [3.8, 4) is 0 Å². The van der Waals surface area contributed by atoms with Gasteiger partial charge in [-0.05, 0) is 56.3 Å². The SMILES string of the molecule is CCc1cccc(C)c1NC(=O)CCC1CCNC1.Cl. The molecule has 112 valence electrons. The molecule has 1 aliphatic heterocycles. The molecule has 3 nitrogen and oxygen atoms in total. The van der Waals surface area contributed by atoms with Gasteiger partial charge < -0.3 is 10.6 Å². The van der Waals surface area contributed by atoms with Crippen molar-refractivity contribution in [2.45, 2.75) is 39.5 Å². The van der Waals surface area contributed by atoms with Gasteiger partial charge in [-0.2, -0.15) is 0 Å². The predicted octanol–water partition coefficient (Wildman–Crippen LogP) is 3.31. The van der Waals surface area contributed by atoms with Gasteiger partial charge in [-0.25, -0.2) is 0 Å². The van der Waals surface area contributed by atoms with Gasteiger partial charge in [-0.3, -0.25) is 4.79 Å². The second kappa shape index (κ2) is 8.28. The maximum atomic E-state index is 12.1. The molecular weight excluding hydrogens is 272 g/mol. The number of benzene rings is 1. The van der Waals surface area contributed by atoms with Crippen LogP contribution in [0.2, 0.25) is 0 Å². The van der Waals surface area contributed by atoms with Crippen molar-refractivity contribution in [3.63, 3.8) is 0 Å². The molecule has 1 fully saturated rings. The average Bonchev–Trinajstić information content (AvgIpc) is 2.92. The van der Waals surface area contributed by atoms with Gasteiger partial charge in [0.15, 0.2) is 0 Å². The smallest absolute Gasteiger partial charge is 0.224 e. The van der Waals surface area contributed by atoms with E-state index in [9.17, 15) is 4.79 Å². The summed E-state index contributed by atoms with van der Waals surface area (Å²) in [4.78, 5) is 12.1. The number of amides is 1. The molecule has 4 heteroatoms. The minimum absolute atomic E-state index is 0. The van der Waals surface area contributed by atoms with Crippen LogP contribution in [-0.4, -0.2) is 19.0 Å². The van der Waals surface area contributed by atoms with Crippen molar-refractivity contribution in [2.24, 2.45) is 5.92 Å². The van der Waals surface area contributed by atoms with Crippen molar-refractivity contribution in [3.05, 3.63) is 29.3 Å². The maximum absolute atomic E-state index is 12.1. The van der Waals surface area contributed by atoms with Gasteiger partial charge in [0.25, 0.3) is 0 Å². The van der Waals surface area contributed by atoms with Crippen LogP contribution in [0.5, 0.6) is 0 Å². The van der Waals surface area contributed by atoms with Crippen molar-refractivity contribution >= 4 is 24.0 Å². The van der Waals surface area contributed by atoms with Crippen LogP contribution in [0, 0.1) is 12.8 Å². The second-order valence-corrected chi connectivity index (χ2v) is 5.41. The van der Waals surface area contributed by atoms with Gasteiger partial charge >= 0.3 is 0 Å². The third-order valence-corrected chi connectivity index (χ3v) is 3.95. The van der Waals surface area contributed by atoms with Gasteiger partial charge in [0.05, 0.1) is 0 Å². The topological polar surface area (TPSA) is 41.1 Å². The number of carbonyl (C=O) groups is 1. The van der Waals surface area contributed by atoms with E-state index < -0.39 is 0 Å². The Balaban J connectivity index is 0.00000200. The number of hydrogen-bond acceptors (Lipinski definition) is 2. The van der Waals surface area contributed by atoms with E-state index in [4.69, 9.17) is 0 Å². The Hall–Kier alpha value is -1.06. The van der Waals surface area contributed by atoms with Crippen molar-refractivity contribution in [2.75, 3.05) is 18.4 Å². The Morgan fingerprint density at radius 1 is 1.45 bits per heavy atom. The molecule has 0 saturated carbocycles. The fraction of sp³-hybridized carbons (Fsp3) is 0.562. The Kier molecular flexibility index (Phi) is 7.03. The lowest BCUT2D eigenvalue weighted by molar-refractivity contribution is -0.116. The summed E-state index contributed by atoms with van der Waals surface area (Å²) in [7, 11) is 0. The first-order valence-corrected chi connectivity index (χ1v) is 7.29. The minimum atomic E-state index is 0. The highest BCUT2D eigenvalue weighted by Gasteiger charge is 2.16. The van der Waals surface area contributed by atoms with Crippen LogP contribution in [0.15, 0.2) is 18.2 Å². The fourth-order valence-corrected chi connectivity index (χ4v) is 2.70. The van der Waals surface area contributed by atoms with E-state index in [2.05, 4.69) is 36.6 Å². The molecule has 1 unspecified atom stereocenters.